The first-order chi connectivity index (χ1) is 3.91. The first-order valence-corrected chi connectivity index (χ1v) is 5.28. The third-order valence-corrected chi connectivity index (χ3v) is 2.14. The Morgan fingerprint density at radius 2 is 1.00 bits per heavy atom. The Morgan fingerprint density at radius 3 is 1.22 bits per heavy atom. The van der Waals surface area contributed by atoms with Crippen LogP contribution in [0.15, 0.2) is 0 Å². The molecule has 0 aliphatic heterocycles. The number of hydrogen-bond acceptors (Lipinski definition) is 0. The summed E-state index contributed by atoms with van der Waals surface area (Å²) in [6, 6.07) is 0. The maximum atomic E-state index is 3.39. The molecule has 9 heavy (non-hydrogen) atoms. The third-order valence-electron chi connectivity index (χ3n) is 1.02. The minimum atomic E-state index is 0. The summed E-state index contributed by atoms with van der Waals surface area (Å²) in [7, 11) is 0. The van der Waals surface area contributed by atoms with E-state index >= 15 is 0 Å². The van der Waals surface area contributed by atoms with E-state index in [1.54, 1.807) is 0 Å². The van der Waals surface area contributed by atoms with E-state index in [-0.39, 0.29) is 29.6 Å². The van der Waals surface area contributed by atoms with Crippen molar-refractivity contribution in [2.24, 2.45) is 0 Å². The van der Waals surface area contributed by atoms with Gasteiger partial charge in [0.05, 0.1) is 0 Å². The van der Waals surface area contributed by atoms with E-state index in [1.165, 1.54) is 25.7 Å². The van der Waals surface area contributed by atoms with Crippen LogP contribution in [0.5, 0.6) is 0 Å². The molecule has 0 fully saturated rings. The van der Waals surface area contributed by atoms with Crippen LogP contribution in [0.25, 0.3) is 0 Å². The van der Waals surface area contributed by atoms with Crippen LogP contribution in [0.3, 0.4) is 0 Å². The zero-order chi connectivity index (χ0) is 6.24. The van der Waals surface area contributed by atoms with E-state index in [4.69, 9.17) is 0 Å². The van der Waals surface area contributed by atoms with Gasteiger partial charge in [-0.2, -0.15) is 0 Å². The van der Waals surface area contributed by atoms with Crippen LogP contribution in [0, 0.1) is 0 Å². The van der Waals surface area contributed by atoms with E-state index in [1.807, 2.05) is 0 Å². The van der Waals surface area contributed by atoms with Crippen molar-refractivity contribution < 1.29 is 0 Å². The Morgan fingerprint density at radius 1 is 0.667 bits per heavy atom. The number of alkyl halides is 2. The Labute approximate surface area is 96.7 Å². The zero-order valence-corrected chi connectivity index (χ0v) is 8.17. The predicted molar refractivity (Wildman–Crippen MR) is 53.2 cm³/mol. The van der Waals surface area contributed by atoms with Crippen molar-refractivity contribution in [2.45, 2.75) is 25.7 Å². The molecule has 0 saturated carbocycles. The molecule has 0 rings (SSSR count). The molecule has 0 amide bonds. The van der Waals surface area contributed by atoms with Gasteiger partial charge in [-0.25, -0.2) is 0 Å². The van der Waals surface area contributed by atoms with Crippen LogP contribution in [-0.4, -0.2) is 40.2 Å². The van der Waals surface area contributed by atoms with Gasteiger partial charge < -0.3 is 0 Å². The van der Waals surface area contributed by atoms with Crippen molar-refractivity contribution in [3.8, 4) is 0 Å². The predicted octanol–water partition coefficient (Wildman–Crippen LogP) is 2.69. The van der Waals surface area contributed by atoms with Crippen LogP contribution in [-0.2, 0) is 0 Å². The maximum absolute atomic E-state index is 3.39. The fourth-order valence-electron chi connectivity index (χ4n) is 0.543. The van der Waals surface area contributed by atoms with Gasteiger partial charge in [0.25, 0.3) is 0 Å². The monoisotopic (exact) mass is 266 g/mol. The summed E-state index contributed by atoms with van der Waals surface area (Å²) in [5.41, 5.74) is 0. The molecule has 0 atom stereocenters. The second-order valence-corrected chi connectivity index (χ2v) is 3.38. The van der Waals surface area contributed by atoms with E-state index in [9.17, 15) is 0 Å². The van der Waals surface area contributed by atoms with Gasteiger partial charge in [-0.15, -0.1) is 0 Å². The molecule has 0 aromatic heterocycles. The molecule has 3 heteroatoms. The second-order valence-electron chi connectivity index (χ2n) is 1.79. The zero-order valence-electron chi connectivity index (χ0n) is 5.00. The molecule has 0 unspecified atom stereocenters. The van der Waals surface area contributed by atoms with Gasteiger partial charge in [-0.1, -0.05) is 44.7 Å². The molecule has 0 bridgehead atoms. The van der Waals surface area contributed by atoms with Crippen molar-refractivity contribution in [3.63, 3.8) is 0 Å². The molecule has 0 aliphatic carbocycles. The Balaban J connectivity index is 0. The minimum absolute atomic E-state index is 0. The molecule has 0 aromatic rings. The van der Waals surface area contributed by atoms with Gasteiger partial charge in [0.2, 0.25) is 0 Å². The third kappa shape index (κ3) is 13.0. The van der Waals surface area contributed by atoms with Crippen molar-refractivity contribution in [1.29, 1.82) is 0 Å². The van der Waals surface area contributed by atoms with Crippen LogP contribution >= 0.6 is 31.9 Å². The molecule has 0 radical (unpaired) electrons. The average molecular weight is 268 g/mol. The van der Waals surface area contributed by atoms with Crippen molar-refractivity contribution in [3.05, 3.63) is 0 Å². The van der Waals surface area contributed by atoms with Gasteiger partial charge in [-0.3, -0.25) is 0 Å². The Hall–Kier alpha value is 1.96. The molecule has 0 nitrogen and oxygen atoms in total. The summed E-state index contributed by atoms with van der Waals surface area (Å²) < 4.78 is 0. The number of unbranched alkanes of at least 4 members (excludes halogenated alkanes) is 3. The molecule has 0 aromatic carbocycles. The molecule has 0 spiro atoms. The molecular weight excluding hydrogens is 255 g/mol. The van der Waals surface area contributed by atoms with Crippen LogP contribution in [0.1, 0.15) is 25.7 Å². The van der Waals surface area contributed by atoms with Crippen LogP contribution < -0.4 is 0 Å². The van der Waals surface area contributed by atoms with Crippen molar-refractivity contribution in [1.82, 2.24) is 0 Å². The van der Waals surface area contributed by atoms with Crippen molar-refractivity contribution >= 4 is 61.4 Å². The molecule has 52 valence electrons. The fraction of sp³-hybridized carbons (Fsp3) is 1.00. The SMILES string of the molecule is BrCCCCCCBr.[NaH]. The van der Waals surface area contributed by atoms with Gasteiger partial charge in [0.1, 0.15) is 0 Å². The van der Waals surface area contributed by atoms with E-state index in [2.05, 4.69) is 31.9 Å². The summed E-state index contributed by atoms with van der Waals surface area (Å²) in [4.78, 5) is 0. The topological polar surface area (TPSA) is 0 Å². The summed E-state index contributed by atoms with van der Waals surface area (Å²) in [5, 5.41) is 2.32. The number of hydrogen-bond donors (Lipinski definition) is 0. The second kappa shape index (κ2) is 12.6. The average Bonchev–Trinajstić information content (AvgIpc) is 1.81. The standard InChI is InChI=1S/C6H12Br2.Na.H/c7-5-3-1-2-4-6-8;;/h1-6H2;;. The fourth-order valence-corrected chi connectivity index (χ4v) is 1.34. The molecule has 0 aliphatic rings. The normalized spacial score (nSPS) is 8.67. The first kappa shape index (κ1) is 13.5. The van der Waals surface area contributed by atoms with Crippen LogP contribution in [0.4, 0.5) is 0 Å². The summed E-state index contributed by atoms with van der Waals surface area (Å²) in [6.45, 7) is 0. The van der Waals surface area contributed by atoms with Crippen LogP contribution in [0.2, 0.25) is 0 Å². The quantitative estimate of drug-likeness (QED) is 0.408. The van der Waals surface area contributed by atoms with Gasteiger partial charge in [0.15, 0.2) is 0 Å². The van der Waals surface area contributed by atoms with E-state index < -0.39 is 0 Å². The molecule has 0 N–H and O–H groups in total. The first-order valence-electron chi connectivity index (χ1n) is 3.03. The van der Waals surface area contributed by atoms with Gasteiger partial charge in [0, 0.05) is 10.7 Å². The summed E-state index contributed by atoms with van der Waals surface area (Å²) in [6.07, 6.45) is 5.40. The number of halogens is 2. The summed E-state index contributed by atoms with van der Waals surface area (Å²) >= 11 is 6.78. The number of rotatable bonds is 5. The Kier molecular flexibility index (Phi) is 19.0. The van der Waals surface area contributed by atoms with Gasteiger partial charge in [-0.05, 0) is 12.8 Å². The molecule has 0 saturated heterocycles. The Bertz CT molecular complexity index is 36.0. The van der Waals surface area contributed by atoms with E-state index in [0.29, 0.717) is 0 Å². The van der Waals surface area contributed by atoms with Gasteiger partial charge >= 0.3 is 29.6 Å². The molecular formula is C6H13Br2Na. The molecule has 0 heterocycles. The van der Waals surface area contributed by atoms with E-state index in [0.717, 1.165) is 10.7 Å². The van der Waals surface area contributed by atoms with Crippen molar-refractivity contribution in [2.75, 3.05) is 10.7 Å². The summed E-state index contributed by atoms with van der Waals surface area (Å²) in [5.74, 6) is 0.